The predicted molar refractivity (Wildman–Crippen MR) is 54.5 cm³/mol. The fourth-order valence-electron chi connectivity index (χ4n) is 1.87. The molecule has 2 atom stereocenters. The van der Waals surface area contributed by atoms with Crippen molar-refractivity contribution in [3.05, 3.63) is 0 Å². The normalized spacial score (nSPS) is 25.6. The fourth-order valence-corrected chi connectivity index (χ4v) is 1.87. The predicted octanol–water partition coefficient (Wildman–Crippen LogP) is 0.232. The number of nitrogens with two attached hydrogens (primary N) is 1. The Morgan fingerprint density at radius 3 is 2.93 bits per heavy atom. The molecule has 0 aromatic carbocycles. The van der Waals surface area contributed by atoms with Gasteiger partial charge in [-0.25, -0.2) is 0 Å². The summed E-state index contributed by atoms with van der Waals surface area (Å²) in [5, 5.41) is 11.7. The summed E-state index contributed by atoms with van der Waals surface area (Å²) in [4.78, 5) is 2.13. The van der Waals surface area contributed by atoms with Crippen molar-refractivity contribution in [3.8, 4) is 0 Å². The maximum absolute atomic E-state index is 8.63. The SMILES string of the molecule is CCC(C(N)=NO)N(C)C1CCOC1. The van der Waals surface area contributed by atoms with E-state index in [0.29, 0.717) is 6.04 Å². The smallest absolute Gasteiger partial charge is 0.156 e. The quantitative estimate of drug-likeness (QED) is 0.296. The van der Waals surface area contributed by atoms with Crippen molar-refractivity contribution in [2.45, 2.75) is 31.8 Å². The standard InChI is InChI=1S/C9H19N3O2/c1-3-8(9(10)11-13)12(2)7-4-5-14-6-7/h7-8,13H,3-6H2,1-2H3,(H2,10,11). The van der Waals surface area contributed by atoms with Crippen LogP contribution < -0.4 is 5.73 Å². The molecule has 0 bridgehead atoms. The number of nitrogens with zero attached hydrogens (tertiary/aromatic N) is 2. The lowest BCUT2D eigenvalue weighted by molar-refractivity contribution is 0.147. The number of likely N-dealkylation sites (N-methyl/N-ethyl adjacent to an activating group) is 1. The summed E-state index contributed by atoms with van der Waals surface area (Å²) in [6.07, 6.45) is 1.86. The zero-order valence-corrected chi connectivity index (χ0v) is 8.81. The van der Waals surface area contributed by atoms with E-state index in [9.17, 15) is 0 Å². The molecule has 1 heterocycles. The van der Waals surface area contributed by atoms with Gasteiger partial charge < -0.3 is 15.7 Å². The minimum Gasteiger partial charge on any atom is -0.409 e. The van der Waals surface area contributed by atoms with Crippen molar-refractivity contribution in [3.63, 3.8) is 0 Å². The second-order valence-electron chi connectivity index (χ2n) is 3.63. The number of oxime groups is 1. The lowest BCUT2D eigenvalue weighted by Gasteiger charge is -2.30. The summed E-state index contributed by atoms with van der Waals surface area (Å²) in [5.41, 5.74) is 5.61. The molecule has 0 aliphatic carbocycles. The largest absolute Gasteiger partial charge is 0.409 e. The summed E-state index contributed by atoms with van der Waals surface area (Å²) >= 11 is 0. The van der Waals surface area contributed by atoms with Crippen LogP contribution in [0.5, 0.6) is 0 Å². The van der Waals surface area contributed by atoms with Crippen molar-refractivity contribution in [1.82, 2.24) is 4.90 Å². The maximum atomic E-state index is 8.63. The molecular formula is C9H19N3O2. The molecule has 1 aliphatic rings. The first-order valence-corrected chi connectivity index (χ1v) is 4.97. The van der Waals surface area contributed by atoms with Crippen LogP contribution in [0.4, 0.5) is 0 Å². The first kappa shape index (κ1) is 11.3. The minimum atomic E-state index is 0.00620. The Bertz CT molecular complexity index is 202. The van der Waals surface area contributed by atoms with Crippen LogP contribution in [0.3, 0.4) is 0 Å². The molecule has 0 radical (unpaired) electrons. The molecule has 0 amide bonds. The maximum Gasteiger partial charge on any atom is 0.156 e. The Morgan fingerprint density at radius 2 is 2.50 bits per heavy atom. The molecule has 5 nitrogen and oxygen atoms in total. The van der Waals surface area contributed by atoms with E-state index in [4.69, 9.17) is 15.7 Å². The van der Waals surface area contributed by atoms with E-state index in [0.717, 1.165) is 26.1 Å². The molecule has 1 fully saturated rings. The highest BCUT2D eigenvalue weighted by Crippen LogP contribution is 2.15. The second kappa shape index (κ2) is 5.17. The lowest BCUT2D eigenvalue weighted by Crippen LogP contribution is -2.47. The zero-order chi connectivity index (χ0) is 10.6. The van der Waals surface area contributed by atoms with Gasteiger partial charge in [0, 0.05) is 12.6 Å². The molecule has 1 rings (SSSR count). The van der Waals surface area contributed by atoms with Gasteiger partial charge in [0.15, 0.2) is 5.84 Å². The van der Waals surface area contributed by atoms with Gasteiger partial charge in [-0.05, 0) is 19.9 Å². The van der Waals surface area contributed by atoms with E-state index >= 15 is 0 Å². The number of ether oxygens (including phenoxy) is 1. The highest BCUT2D eigenvalue weighted by Gasteiger charge is 2.27. The molecule has 0 aromatic heterocycles. The molecule has 0 saturated carbocycles. The van der Waals surface area contributed by atoms with E-state index in [1.165, 1.54) is 0 Å². The molecule has 0 spiro atoms. The fraction of sp³-hybridized carbons (Fsp3) is 0.889. The van der Waals surface area contributed by atoms with E-state index in [1.807, 2.05) is 14.0 Å². The lowest BCUT2D eigenvalue weighted by atomic mass is 10.1. The van der Waals surface area contributed by atoms with Gasteiger partial charge in [-0.1, -0.05) is 12.1 Å². The zero-order valence-electron chi connectivity index (χ0n) is 8.81. The van der Waals surface area contributed by atoms with Gasteiger partial charge in [0.05, 0.1) is 12.6 Å². The third-order valence-electron chi connectivity index (χ3n) is 2.82. The van der Waals surface area contributed by atoms with Crippen molar-refractivity contribution in [2.75, 3.05) is 20.3 Å². The van der Waals surface area contributed by atoms with Gasteiger partial charge in [-0.3, -0.25) is 4.90 Å². The number of rotatable bonds is 4. The van der Waals surface area contributed by atoms with Crippen LogP contribution in [0.15, 0.2) is 5.16 Å². The van der Waals surface area contributed by atoms with Crippen molar-refractivity contribution >= 4 is 5.84 Å². The van der Waals surface area contributed by atoms with Crippen molar-refractivity contribution < 1.29 is 9.94 Å². The molecule has 1 aliphatic heterocycles. The molecule has 82 valence electrons. The number of hydrogen-bond acceptors (Lipinski definition) is 4. The van der Waals surface area contributed by atoms with E-state index in [-0.39, 0.29) is 11.9 Å². The van der Waals surface area contributed by atoms with Crippen LogP contribution in [0, 0.1) is 0 Å². The average Bonchev–Trinajstić information content (AvgIpc) is 2.71. The number of amidine groups is 1. The highest BCUT2D eigenvalue weighted by molar-refractivity contribution is 5.85. The first-order chi connectivity index (χ1) is 6.70. The van der Waals surface area contributed by atoms with Crippen LogP contribution in [-0.4, -0.2) is 48.3 Å². The third-order valence-corrected chi connectivity index (χ3v) is 2.82. The first-order valence-electron chi connectivity index (χ1n) is 4.97. The minimum absolute atomic E-state index is 0.00620. The van der Waals surface area contributed by atoms with Gasteiger partial charge in [0.2, 0.25) is 0 Å². The van der Waals surface area contributed by atoms with Crippen molar-refractivity contribution in [2.24, 2.45) is 10.9 Å². The van der Waals surface area contributed by atoms with E-state index in [1.54, 1.807) is 0 Å². The summed E-state index contributed by atoms with van der Waals surface area (Å²) < 4.78 is 5.30. The van der Waals surface area contributed by atoms with Crippen LogP contribution in [0.1, 0.15) is 19.8 Å². The van der Waals surface area contributed by atoms with Gasteiger partial charge >= 0.3 is 0 Å². The molecule has 1 saturated heterocycles. The Hall–Kier alpha value is -0.810. The van der Waals surface area contributed by atoms with Gasteiger partial charge in [0.1, 0.15) is 0 Å². The summed E-state index contributed by atoms with van der Waals surface area (Å²) in [6.45, 7) is 3.57. The van der Waals surface area contributed by atoms with Gasteiger partial charge in [-0.15, -0.1) is 0 Å². The Labute approximate surface area is 84.5 Å². The Morgan fingerprint density at radius 1 is 1.79 bits per heavy atom. The topological polar surface area (TPSA) is 71.1 Å². The van der Waals surface area contributed by atoms with Gasteiger partial charge in [0.25, 0.3) is 0 Å². The van der Waals surface area contributed by atoms with Crippen LogP contribution in [-0.2, 0) is 4.74 Å². The average molecular weight is 201 g/mol. The van der Waals surface area contributed by atoms with Crippen molar-refractivity contribution in [1.29, 1.82) is 0 Å². The van der Waals surface area contributed by atoms with Crippen LogP contribution in [0.25, 0.3) is 0 Å². The molecule has 0 aromatic rings. The summed E-state index contributed by atoms with van der Waals surface area (Å²) in [6, 6.07) is 0.395. The third kappa shape index (κ3) is 2.36. The molecule has 3 N–H and O–H groups in total. The van der Waals surface area contributed by atoms with E-state index < -0.39 is 0 Å². The van der Waals surface area contributed by atoms with Gasteiger partial charge in [-0.2, -0.15) is 0 Å². The second-order valence-corrected chi connectivity index (χ2v) is 3.63. The van der Waals surface area contributed by atoms with Crippen LogP contribution >= 0.6 is 0 Å². The monoisotopic (exact) mass is 201 g/mol. The Balaban J connectivity index is 2.58. The molecule has 2 unspecified atom stereocenters. The number of hydrogen-bond donors (Lipinski definition) is 2. The highest BCUT2D eigenvalue weighted by atomic mass is 16.5. The van der Waals surface area contributed by atoms with Crippen LogP contribution in [0.2, 0.25) is 0 Å². The molecular weight excluding hydrogens is 182 g/mol. The Kier molecular flexibility index (Phi) is 4.16. The summed E-state index contributed by atoms with van der Waals surface area (Å²) in [5.74, 6) is 0.280. The van der Waals surface area contributed by atoms with E-state index in [2.05, 4.69) is 10.1 Å². The molecule has 5 heteroatoms. The molecule has 14 heavy (non-hydrogen) atoms. The summed E-state index contributed by atoms with van der Waals surface area (Å²) in [7, 11) is 1.99.